The average Bonchev–Trinajstić information content (AvgIpc) is 3.21. The van der Waals surface area contributed by atoms with Gasteiger partial charge in [0.2, 0.25) is 0 Å². The molecule has 0 saturated carbocycles. The van der Waals surface area contributed by atoms with Gasteiger partial charge < -0.3 is 10.1 Å². The standard InChI is InChI=1S/C18H24N4O2/c1-21-11-15(10-20-21)13-22-8-7-14(12-22)9-19-18(23)16-5-3-4-6-17(16)24-2/h3-6,10-11,14H,7-9,12-13H2,1-2H3,(H,19,23)/t14-/m1/s1. The van der Waals surface area contributed by atoms with Crippen LogP contribution in [-0.2, 0) is 13.6 Å². The molecule has 1 aromatic heterocycles. The van der Waals surface area contributed by atoms with Crippen LogP contribution in [0.3, 0.4) is 0 Å². The molecule has 1 saturated heterocycles. The Bertz CT molecular complexity index is 698. The maximum absolute atomic E-state index is 12.3. The second kappa shape index (κ2) is 7.49. The minimum Gasteiger partial charge on any atom is -0.496 e. The SMILES string of the molecule is COc1ccccc1C(=O)NC[C@H]1CCN(Cc2cnn(C)c2)C1. The van der Waals surface area contributed by atoms with Crippen molar-refractivity contribution in [2.45, 2.75) is 13.0 Å². The van der Waals surface area contributed by atoms with Crippen LogP contribution in [-0.4, -0.2) is 47.3 Å². The predicted molar refractivity (Wildman–Crippen MR) is 91.9 cm³/mol. The Balaban J connectivity index is 1.48. The molecular formula is C18H24N4O2. The number of carbonyl (C=O) groups excluding carboxylic acids is 1. The number of benzene rings is 1. The Morgan fingerprint density at radius 1 is 1.42 bits per heavy atom. The van der Waals surface area contributed by atoms with Gasteiger partial charge in [-0.25, -0.2) is 0 Å². The van der Waals surface area contributed by atoms with Gasteiger partial charge in [0.25, 0.3) is 5.91 Å². The molecule has 2 heterocycles. The molecule has 1 aliphatic heterocycles. The number of hydrogen-bond acceptors (Lipinski definition) is 4. The number of amides is 1. The van der Waals surface area contributed by atoms with E-state index in [4.69, 9.17) is 4.74 Å². The fourth-order valence-corrected chi connectivity index (χ4v) is 3.20. The Morgan fingerprint density at radius 2 is 2.25 bits per heavy atom. The Hall–Kier alpha value is -2.34. The molecule has 1 fully saturated rings. The highest BCUT2D eigenvalue weighted by Gasteiger charge is 2.23. The summed E-state index contributed by atoms with van der Waals surface area (Å²) in [4.78, 5) is 14.8. The molecule has 1 amide bonds. The summed E-state index contributed by atoms with van der Waals surface area (Å²) in [5.41, 5.74) is 1.82. The van der Waals surface area contributed by atoms with Gasteiger partial charge in [-0.2, -0.15) is 5.10 Å². The van der Waals surface area contributed by atoms with Gasteiger partial charge in [-0.3, -0.25) is 14.4 Å². The minimum atomic E-state index is -0.0711. The Kier molecular flexibility index (Phi) is 5.15. The molecule has 24 heavy (non-hydrogen) atoms. The molecule has 1 N–H and O–H groups in total. The van der Waals surface area contributed by atoms with Crippen molar-refractivity contribution in [2.75, 3.05) is 26.7 Å². The maximum Gasteiger partial charge on any atom is 0.255 e. The van der Waals surface area contributed by atoms with Crippen LogP contribution in [0.2, 0.25) is 0 Å². The van der Waals surface area contributed by atoms with Crippen LogP contribution < -0.4 is 10.1 Å². The largest absolute Gasteiger partial charge is 0.496 e. The summed E-state index contributed by atoms with van der Waals surface area (Å²) >= 11 is 0. The van der Waals surface area contributed by atoms with Crippen LogP contribution >= 0.6 is 0 Å². The van der Waals surface area contributed by atoms with Crippen molar-refractivity contribution in [2.24, 2.45) is 13.0 Å². The Morgan fingerprint density at radius 3 is 3.00 bits per heavy atom. The number of likely N-dealkylation sites (tertiary alicyclic amines) is 1. The number of rotatable bonds is 6. The van der Waals surface area contributed by atoms with E-state index in [1.807, 2.05) is 30.1 Å². The first-order chi connectivity index (χ1) is 11.7. The molecular weight excluding hydrogens is 304 g/mol. The molecule has 6 heteroatoms. The lowest BCUT2D eigenvalue weighted by molar-refractivity contribution is 0.0944. The van der Waals surface area contributed by atoms with Crippen LogP contribution in [0.15, 0.2) is 36.7 Å². The second-order valence-corrected chi connectivity index (χ2v) is 6.32. The third-order valence-corrected chi connectivity index (χ3v) is 4.44. The zero-order chi connectivity index (χ0) is 16.9. The van der Waals surface area contributed by atoms with E-state index in [-0.39, 0.29) is 5.91 Å². The molecule has 0 aliphatic carbocycles. The summed E-state index contributed by atoms with van der Waals surface area (Å²) in [6.45, 7) is 3.68. The van der Waals surface area contributed by atoms with E-state index in [1.165, 1.54) is 5.56 Å². The first-order valence-electron chi connectivity index (χ1n) is 8.27. The number of methoxy groups -OCH3 is 1. The summed E-state index contributed by atoms with van der Waals surface area (Å²) in [6, 6.07) is 7.31. The lowest BCUT2D eigenvalue weighted by Gasteiger charge is -2.15. The van der Waals surface area contributed by atoms with E-state index in [2.05, 4.69) is 21.5 Å². The first-order valence-corrected chi connectivity index (χ1v) is 8.27. The number of carbonyl (C=O) groups is 1. The fourth-order valence-electron chi connectivity index (χ4n) is 3.20. The molecule has 3 rings (SSSR count). The number of nitrogens with zero attached hydrogens (tertiary/aromatic N) is 3. The summed E-state index contributed by atoms with van der Waals surface area (Å²) < 4.78 is 7.08. The van der Waals surface area contributed by atoms with Crippen molar-refractivity contribution in [1.82, 2.24) is 20.0 Å². The van der Waals surface area contributed by atoms with Gasteiger partial charge in [0.15, 0.2) is 0 Å². The smallest absolute Gasteiger partial charge is 0.255 e. The number of ether oxygens (including phenoxy) is 1. The van der Waals surface area contributed by atoms with E-state index in [9.17, 15) is 4.79 Å². The summed E-state index contributed by atoms with van der Waals surface area (Å²) in [5.74, 6) is 1.03. The summed E-state index contributed by atoms with van der Waals surface area (Å²) in [6.07, 6.45) is 5.07. The number of para-hydroxylation sites is 1. The maximum atomic E-state index is 12.3. The third kappa shape index (κ3) is 3.94. The van der Waals surface area contributed by atoms with Crippen molar-refractivity contribution in [3.05, 3.63) is 47.8 Å². The van der Waals surface area contributed by atoms with Gasteiger partial charge in [0.05, 0.1) is 18.9 Å². The van der Waals surface area contributed by atoms with E-state index in [1.54, 1.807) is 19.2 Å². The molecule has 0 radical (unpaired) electrons. The van der Waals surface area contributed by atoms with E-state index in [0.717, 1.165) is 26.1 Å². The van der Waals surface area contributed by atoms with Crippen LogP contribution in [0.5, 0.6) is 5.75 Å². The number of aromatic nitrogens is 2. The molecule has 0 spiro atoms. The molecule has 0 unspecified atom stereocenters. The Labute approximate surface area is 142 Å². The first kappa shape index (κ1) is 16.5. The predicted octanol–water partition coefficient (Wildman–Crippen LogP) is 1.68. The quantitative estimate of drug-likeness (QED) is 0.876. The van der Waals surface area contributed by atoms with Gasteiger partial charge in [-0.15, -0.1) is 0 Å². The highest BCUT2D eigenvalue weighted by atomic mass is 16.5. The van der Waals surface area contributed by atoms with Crippen LogP contribution in [0.25, 0.3) is 0 Å². The lowest BCUT2D eigenvalue weighted by Crippen LogP contribution is -2.31. The van der Waals surface area contributed by atoms with Crippen molar-refractivity contribution in [3.8, 4) is 5.75 Å². The number of hydrogen-bond donors (Lipinski definition) is 1. The topological polar surface area (TPSA) is 59.4 Å². The number of aryl methyl sites for hydroxylation is 1. The van der Waals surface area contributed by atoms with Crippen LogP contribution in [0, 0.1) is 5.92 Å². The monoisotopic (exact) mass is 328 g/mol. The average molecular weight is 328 g/mol. The highest BCUT2D eigenvalue weighted by Crippen LogP contribution is 2.19. The summed E-state index contributed by atoms with van der Waals surface area (Å²) in [7, 11) is 3.52. The highest BCUT2D eigenvalue weighted by molar-refractivity contribution is 5.96. The zero-order valence-electron chi connectivity index (χ0n) is 14.2. The van der Waals surface area contributed by atoms with E-state index >= 15 is 0 Å². The molecule has 1 atom stereocenters. The fraction of sp³-hybridized carbons (Fsp3) is 0.444. The van der Waals surface area contributed by atoms with Crippen molar-refractivity contribution >= 4 is 5.91 Å². The summed E-state index contributed by atoms with van der Waals surface area (Å²) in [5, 5.41) is 7.25. The van der Waals surface area contributed by atoms with E-state index < -0.39 is 0 Å². The molecule has 2 aromatic rings. The molecule has 1 aliphatic rings. The molecule has 128 valence electrons. The molecule has 6 nitrogen and oxygen atoms in total. The van der Waals surface area contributed by atoms with Crippen molar-refractivity contribution in [1.29, 1.82) is 0 Å². The van der Waals surface area contributed by atoms with Crippen molar-refractivity contribution < 1.29 is 9.53 Å². The minimum absolute atomic E-state index is 0.0711. The normalized spacial score (nSPS) is 17.8. The van der Waals surface area contributed by atoms with E-state index in [0.29, 0.717) is 23.8 Å². The molecule has 0 bridgehead atoms. The van der Waals surface area contributed by atoms with Gasteiger partial charge in [0, 0.05) is 38.4 Å². The van der Waals surface area contributed by atoms with Gasteiger partial charge in [-0.1, -0.05) is 12.1 Å². The number of nitrogens with one attached hydrogen (secondary N) is 1. The van der Waals surface area contributed by atoms with Crippen LogP contribution in [0.4, 0.5) is 0 Å². The van der Waals surface area contributed by atoms with Gasteiger partial charge in [-0.05, 0) is 31.0 Å². The zero-order valence-corrected chi connectivity index (χ0v) is 14.2. The van der Waals surface area contributed by atoms with Crippen molar-refractivity contribution in [3.63, 3.8) is 0 Å². The van der Waals surface area contributed by atoms with Crippen LogP contribution in [0.1, 0.15) is 22.3 Å². The lowest BCUT2D eigenvalue weighted by atomic mass is 10.1. The third-order valence-electron chi connectivity index (χ3n) is 4.44. The molecule has 1 aromatic carbocycles. The van der Waals surface area contributed by atoms with Gasteiger partial charge in [0.1, 0.15) is 5.75 Å². The van der Waals surface area contributed by atoms with Gasteiger partial charge >= 0.3 is 0 Å². The second-order valence-electron chi connectivity index (χ2n) is 6.32.